The molecule has 0 heterocycles. The first-order valence-corrected chi connectivity index (χ1v) is 4.42. The number of hydrogen-bond donors (Lipinski definition) is 0. The molecule has 0 saturated heterocycles. The molecule has 0 aromatic heterocycles. The van der Waals surface area contributed by atoms with Gasteiger partial charge in [0.25, 0.3) is 0 Å². The van der Waals surface area contributed by atoms with Crippen molar-refractivity contribution in [3.05, 3.63) is 33.9 Å². The highest BCUT2D eigenvalue weighted by atomic mass is 35.5. The van der Waals surface area contributed by atoms with E-state index >= 15 is 0 Å². The number of fused-ring (bicyclic) bond motifs is 1. The molecule has 0 aromatic carbocycles. The third-order valence-electron chi connectivity index (χ3n) is 2.38. The van der Waals surface area contributed by atoms with Crippen LogP contribution in [0.25, 0.3) is 0 Å². The average Bonchev–Trinajstić information content (AvgIpc) is 2.34. The molecule has 58 valence electrons. The van der Waals surface area contributed by atoms with Gasteiger partial charge < -0.3 is 0 Å². The fourth-order valence-electron chi connectivity index (χ4n) is 1.80. The van der Waals surface area contributed by atoms with Gasteiger partial charge in [0.1, 0.15) is 0 Å². The van der Waals surface area contributed by atoms with Crippen LogP contribution in [0.2, 0.25) is 0 Å². The van der Waals surface area contributed by atoms with Crippen LogP contribution in [0, 0.1) is 0 Å². The maximum atomic E-state index is 6.07. The molecule has 0 aromatic rings. The van der Waals surface area contributed by atoms with Crippen molar-refractivity contribution >= 4 is 11.6 Å². The molecule has 11 heavy (non-hydrogen) atoms. The highest BCUT2D eigenvalue weighted by Gasteiger charge is 2.19. The molecule has 0 nitrogen and oxygen atoms in total. The molecular formula is C10H11Cl. The van der Waals surface area contributed by atoms with E-state index < -0.39 is 0 Å². The normalized spacial score (nSPS) is 23.1. The molecule has 0 atom stereocenters. The van der Waals surface area contributed by atoms with Crippen molar-refractivity contribution in [1.29, 1.82) is 0 Å². The van der Waals surface area contributed by atoms with Gasteiger partial charge in [0.15, 0.2) is 0 Å². The predicted octanol–water partition coefficient (Wildman–Crippen LogP) is 3.55. The zero-order valence-electron chi connectivity index (χ0n) is 6.65. The molecule has 2 aliphatic rings. The highest BCUT2D eigenvalue weighted by molar-refractivity contribution is 6.32. The van der Waals surface area contributed by atoms with E-state index in [4.69, 9.17) is 11.6 Å². The van der Waals surface area contributed by atoms with Gasteiger partial charge in [-0.25, -0.2) is 0 Å². The standard InChI is InChI=1S/C10H11Cl/c1-7-5-6-8-3-2-4-9(11)10(7)8/h4,6H,2-3,5H2,1H3. The summed E-state index contributed by atoms with van der Waals surface area (Å²) in [5.74, 6) is 0. The van der Waals surface area contributed by atoms with E-state index in [1.165, 1.54) is 23.1 Å². The van der Waals surface area contributed by atoms with E-state index in [0.29, 0.717) is 0 Å². The van der Waals surface area contributed by atoms with Gasteiger partial charge in [-0.05, 0) is 37.3 Å². The SMILES string of the molecule is CC1=C2C(Cl)=CCCC2=CC1. The first kappa shape index (κ1) is 7.17. The molecule has 0 amide bonds. The fourth-order valence-corrected chi connectivity index (χ4v) is 2.19. The van der Waals surface area contributed by atoms with Crippen molar-refractivity contribution in [2.75, 3.05) is 0 Å². The van der Waals surface area contributed by atoms with Crippen LogP contribution in [-0.2, 0) is 0 Å². The summed E-state index contributed by atoms with van der Waals surface area (Å²) in [5.41, 5.74) is 4.23. The molecule has 0 radical (unpaired) electrons. The molecule has 1 heteroatoms. The summed E-state index contributed by atoms with van der Waals surface area (Å²) in [6.07, 6.45) is 7.84. The van der Waals surface area contributed by atoms with E-state index in [1.54, 1.807) is 0 Å². The summed E-state index contributed by atoms with van der Waals surface area (Å²) in [6.45, 7) is 2.17. The van der Waals surface area contributed by atoms with Crippen LogP contribution in [-0.4, -0.2) is 0 Å². The van der Waals surface area contributed by atoms with Gasteiger partial charge in [-0.2, -0.15) is 0 Å². The second kappa shape index (κ2) is 2.53. The van der Waals surface area contributed by atoms with Crippen molar-refractivity contribution in [2.45, 2.75) is 26.2 Å². The predicted molar refractivity (Wildman–Crippen MR) is 48.6 cm³/mol. The Kier molecular flexibility index (Phi) is 1.65. The maximum absolute atomic E-state index is 6.07. The second-order valence-corrected chi connectivity index (χ2v) is 3.59. The Bertz CT molecular complexity index is 276. The quantitative estimate of drug-likeness (QED) is 0.516. The average molecular weight is 167 g/mol. The number of rotatable bonds is 0. The van der Waals surface area contributed by atoms with Crippen LogP contribution in [0.3, 0.4) is 0 Å². The lowest BCUT2D eigenvalue weighted by Crippen LogP contribution is -1.94. The van der Waals surface area contributed by atoms with Crippen molar-refractivity contribution < 1.29 is 0 Å². The van der Waals surface area contributed by atoms with Gasteiger partial charge in [0.05, 0.1) is 0 Å². The van der Waals surface area contributed by atoms with Crippen LogP contribution in [0.4, 0.5) is 0 Å². The summed E-state index contributed by atoms with van der Waals surface area (Å²) in [5, 5.41) is 0.970. The number of hydrogen-bond acceptors (Lipinski definition) is 0. The van der Waals surface area contributed by atoms with Crippen molar-refractivity contribution in [3.8, 4) is 0 Å². The van der Waals surface area contributed by atoms with Gasteiger partial charge in [-0.1, -0.05) is 29.3 Å². The van der Waals surface area contributed by atoms with Crippen molar-refractivity contribution in [1.82, 2.24) is 0 Å². The molecule has 2 rings (SSSR count). The summed E-state index contributed by atoms with van der Waals surface area (Å²) >= 11 is 6.07. The Morgan fingerprint density at radius 3 is 2.91 bits per heavy atom. The van der Waals surface area contributed by atoms with E-state index in [-0.39, 0.29) is 0 Å². The number of allylic oxidation sites excluding steroid dienone is 6. The van der Waals surface area contributed by atoms with Crippen LogP contribution in [0.5, 0.6) is 0 Å². The fraction of sp³-hybridized carbons (Fsp3) is 0.400. The molecule has 0 aliphatic heterocycles. The van der Waals surface area contributed by atoms with Crippen LogP contribution >= 0.6 is 11.6 Å². The third kappa shape index (κ3) is 1.06. The topological polar surface area (TPSA) is 0 Å². The Morgan fingerprint density at radius 2 is 2.18 bits per heavy atom. The minimum absolute atomic E-state index is 0.970. The first-order valence-electron chi connectivity index (χ1n) is 4.04. The van der Waals surface area contributed by atoms with Gasteiger partial charge in [-0.15, -0.1) is 0 Å². The van der Waals surface area contributed by atoms with Crippen molar-refractivity contribution in [3.63, 3.8) is 0 Å². The first-order chi connectivity index (χ1) is 5.29. The van der Waals surface area contributed by atoms with Crippen LogP contribution < -0.4 is 0 Å². The Balaban J connectivity index is 2.49. The Labute approximate surface area is 72.2 Å². The van der Waals surface area contributed by atoms with Crippen molar-refractivity contribution in [2.24, 2.45) is 0 Å². The maximum Gasteiger partial charge on any atom is 0.0440 e. The molecule has 0 saturated carbocycles. The lowest BCUT2D eigenvalue weighted by molar-refractivity contribution is 0.965. The molecular weight excluding hydrogens is 156 g/mol. The van der Waals surface area contributed by atoms with E-state index in [0.717, 1.165) is 17.9 Å². The monoisotopic (exact) mass is 166 g/mol. The van der Waals surface area contributed by atoms with E-state index in [2.05, 4.69) is 19.1 Å². The Morgan fingerprint density at radius 1 is 1.36 bits per heavy atom. The molecule has 0 bridgehead atoms. The minimum Gasteiger partial charge on any atom is -0.0840 e. The second-order valence-electron chi connectivity index (χ2n) is 3.18. The zero-order valence-corrected chi connectivity index (χ0v) is 7.41. The summed E-state index contributed by atoms with van der Waals surface area (Å²) in [6, 6.07) is 0. The smallest absolute Gasteiger partial charge is 0.0440 e. The molecule has 0 spiro atoms. The van der Waals surface area contributed by atoms with Gasteiger partial charge in [-0.3, -0.25) is 0 Å². The molecule has 0 N–H and O–H groups in total. The van der Waals surface area contributed by atoms with Crippen LogP contribution in [0.15, 0.2) is 33.9 Å². The summed E-state index contributed by atoms with van der Waals surface area (Å²) in [4.78, 5) is 0. The third-order valence-corrected chi connectivity index (χ3v) is 2.72. The largest absolute Gasteiger partial charge is 0.0840 e. The molecule has 0 fully saturated rings. The highest BCUT2D eigenvalue weighted by Crippen LogP contribution is 2.39. The zero-order chi connectivity index (χ0) is 7.84. The number of halogens is 1. The van der Waals surface area contributed by atoms with Crippen LogP contribution in [0.1, 0.15) is 26.2 Å². The van der Waals surface area contributed by atoms with Gasteiger partial charge in [0, 0.05) is 5.03 Å². The summed E-state index contributed by atoms with van der Waals surface area (Å²) < 4.78 is 0. The lowest BCUT2D eigenvalue weighted by atomic mass is 9.96. The van der Waals surface area contributed by atoms with E-state index in [9.17, 15) is 0 Å². The van der Waals surface area contributed by atoms with Gasteiger partial charge >= 0.3 is 0 Å². The molecule has 2 aliphatic carbocycles. The van der Waals surface area contributed by atoms with Gasteiger partial charge in [0.2, 0.25) is 0 Å². The lowest BCUT2D eigenvalue weighted by Gasteiger charge is -2.13. The molecule has 0 unspecified atom stereocenters. The Hall–Kier alpha value is -0.490. The minimum atomic E-state index is 0.970. The van der Waals surface area contributed by atoms with E-state index in [1.807, 2.05) is 0 Å². The summed E-state index contributed by atoms with van der Waals surface area (Å²) in [7, 11) is 0.